The molecule has 0 radical (unpaired) electrons. The smallest absolute Gasteiger partial charge is 0.254 e. The Balaban J connectivity index is 1.90. The fourth-order valence-electron chi connectivity index (χ4n) is 2.38. The topological polar surface area (TPSA) is 61.0 Å². The van der Waals surface area contributed by atoms with Crippen molar-refractivity contribution in [3.05, 3.63) is 30.0 Å². The number of rotatable bonds is 1. The SMILES string of the molecule is CC1CNCCN1C(=O)c1ccc2[nH]ncc2c1. The zero-order chi connectivity index (χ0) is 12.5. The van der Waals surface area contributed by atoms with Crippen LogP contribution in [-0.2, 0) is 0 Å². The van der Waals surface area contributed by atoms with E-state index in [-0.39, 0.29) is 11.9 Å². The number of amides is 1. The molecule has 1 fully saturated rings. The molecule has 2 heterocycles. The minimum absolute atomic E-state index is 0.104. The van der Waals surface area contributed by atoms with Crippen LogP contribution < -0.4 is 5.32 Å². The molecule has 1 aromatic carbocycles. The fraction of sp³-hybridized carbons (Fsp3) is 0.385. The number of nitrogens with zero attached hydrogens (tertiary/aromatic N) is 2. The van der Waals surface area contributed by atoms with Crippen molar-refractivity contribution < 1.29 is 4.79 Å². The zero-order valence-corrected chi connectivity index (χ0v) is 10.3. The second kappa shape index (κ2) is 4.42. The highest BCUT2D eigenvalue weighted by atomic mass is 16.2. The van der Waals surface area contributed by atoms with Crippen LogP contribution in [-0.4, -0.2) is 46.7 Å². The first-order valence-electron chi connectivity index (χ1n) is 6.20. The molecular weight excluding hydrogens is 228 g/mol. The number of aromatic amines is 1. The van der Waals surface area contributed by atoms with E-state index in [1.165, 1.54) is 0 Å². The Hall–Kier alpha value is -1.88. The lowest BCUT2D eigenvalue weighted by Crippen LogP contribution is -2.52. The number of piperazine rings is 1. The van der Waals surface area contributed by atoms with E-state index >= 15 is 0 Å². The summed E-state index contributed by atoms with van der Waals surface area (Å²) in [6.45, 7) is 4.56. The van der Waals surface area contributed by atoms with Gasteiger partial charge in [0.2, 0.25) is 0 Å². The predicted molar refractivity (Wildman–Crippen MR) is 69.5 cm³/mol. The Morgan fingerprint density at radius 2 is 2.39 bits per heavy atom. The van der Waals surface area contributed by atoms with Gasteiger partial charge in [0.1, 0.15) is 0 Å². The summed E-state index contributed by atoms with van der Waals surface area (Å²) < 4.78 is 0. The molecule has 0 spiro atoms. The lowest BCUT2D eigenvalue weighted by Gasteiger charge is -2.34. The normalized spacial score (nSPS) is 20.3. The molecule has 1 aliphatic rings. The van der Waals surface area contributed by atoms with Gasteiger partial charge in [0.05, 0.1) is 11.7 Å². The predicted octanol–water partition coefficient (Wildman–Crippen LogP) is 0.997. The van der Waals surface area contributed by atoms with Gasteiger partial charge < -0.3 is 10.2 Å². The van der Waals surface area contributed by atoms with Crippen LogP contribution in [0.3, 0.4) is 0 Å². The first-order valence-corrected chi connectivity index (χ1v) is 6.20. The summed E-state index contributed by atoms with van der Waals surface area (Å²) in [7, 11) is 0. The summed E-state index contributed by atoms with van der Waals surface area (Å²) in [5.41, 5.74) is 1.69. The van der Waals surface area contributed by atoms with Gasteiger partial charge in [0.25, 0.3) is 5.91 Å². The van der Waals surface area contributed by atoms with Gasteiger partial charge in [-0.2, -0.15) is 5.10 Å². The Morgan fingerprint density at radius 1 is 1.50 bits per heavy atom. The standard InChI is InChI=1S/C13H16N4O/c1-9-7-14-4-5-17(9)13(18)10-2-3-12-11(6-10)8-15-16-12/h2-3,6,8-9,14H,4-5,7H2,1H3,(H,15,16). The van der Waals surface area contributed by atoms with Crippen LogP contribution in [0.15, 0.2) is 24.4 Å². The number of aromatic nitrogens is 2. The molecule has 5 nitrogen and oxygen atoms in total. The zero-order valence-electron chi connectivity index (χ0n) is 10.3. The van der Waals surface area contributed by atoms with Gasteiger partial charge in [-0.05, 0) is 25.1 Å². The molecule has 1 unspecified atom stereocenters. The molecule has 2 N–H and O–H groups in total. The average molecular weight is 244 g/mol. The van der Waals surface area contributed by atoms with Crippen molar-refractivity contribution in [1.82, 2.24) is 20.4 Å². The van der Waals surface area contributed by atoms with Gasteiger partial charge in [0.15, 0.2) is 0 Å². The summed E-state index contributed by atoms with van der Waals surface area (Å²) >= 11 is 0. The van der Waals surface area contributed by atoms with E-state index in [9.17, 15) is 4.79 Å². The van der Waals surface area contributed by atoms with Crippen molar-refractivity contribution >= 4 is 16.8 Å². The lowest BCUT2D eigenvalue weighted by atomic mass is 10.1. The van der Waals surface area contributed by atoms with Crippen molar-refractivity contribution in [1.29, 1.82) is 0 Å². The molecule has 0 bridgehead atoms. The third-order valence-corrected chi connectivity index (χ3v) is 3.45. The van der Waals surface area contributed by atoms with Crippen LogP contribution in [0.4, 0.5) is 0 Å². The molecule has 1 aliphatic heterocycles. The van der Waals surface area contributed by atoms with Crippen LogP contribution in [0, 0.1) is 0 Å². The molecular formula is C13H16N4O. The minimum atomic E-state index is 0.104. The molecule has 1 amide bonds. The van der Waals surface area contributed by atoms with Crippen molar-refractivity contribution in [2.75, 3.05) is 19.6 Å². The van der Waals surface area contributed by atoms with Gasteiger partial charge in [0, 0.05) is 36.6 Å². The molecule has 0 aliphatic carbocycles. The maximum Gasteiger partial charge on any atom is 0.254 e. The number of hydrogen-bond donors (Lipinski definition) is 2. The van der Waals surface area contributed by atoms with E-state index in [1.54, 1.807) is 6.20 Å². The molecule has 1 saturated heterocycles. The average Bonchev–Trinajstić information content (AvgIpc) is 2.85. The number of hydrogen-bond acceptors (Lipinski definition) is 3. The van der Waals surface area contributed by atoms with Gasteiger partial charge in [-0.15, -0.1) is 0 Å². The molecule has 1 aromatic heterocycles. The molecule has 2 aromatic rings. The van der Waals surface area contributed by atoms with Crippen molar-refractivity contribution in [2.45, 2.75) is 13.0 Å². The van der Waals surface area contributed by atoms with E-state index in [0.29, 0.717) is 0 Å². The number of nitrogens with one attached hydrogen (secondary N) is 2. The first-order chi connectivity index (χ1) is 8.75. The van der Waals surface area contributed by atoms with Gasteiger partial charge in [-0.1, -0.05) is 0 Å². The summed E-state index contributed by atoms with van der Waals surface area (Å²) in [6.07, 6.45) is 1.74. The summed E-state index contributed by atoms with van der Waals surface area (Å²) in [5.74, 6) is 0.104. The van der Waals surface area contributed by atoms with E-state index < -0.39 is 0 Å². The Labute approximate surface area is 105 Å². The minimum Gasteiger partial charge on any atom is -0.333 e. The molecule has 5 heteroatoms. The largest absolute Gasteiger partial charge is 0.333 e. The van der Waals surface area contributed by atoms with Gasteiger partial charge >= 0.3 is 0 Å². The van der Waals surface area contributed by atoms with E-state index in [0.717, 1.165) is 36.1 Å². The third kappa shape index (κ3) is 1.86. The summed E-state index contributed by atoms with van der Waals surface area (Å²) in [5, 5.41) is 11.1. The van der Waals surface area contributed by atoms with Crippen LogP contribution >= 0.6 is 0 Å². The molecule has 3 rings (SSSR count). The van der Waals surface area contributed by atoms with Gasteiger partial charge in [-0.3, -0.25) is 9.89 Å². The Bertz CT molecular complexity index is 577. The second-order valence-electron chi connectivity index (χ2n) is 4.72. The van der Waals surface area contributed by atoms with Crippen molar-refractivity contribution in [2.24, 2.45) is 0 Å². The van der Waals surface area contributed by atoms with E-state index in [2.05, 4.69) is 22.4 Å². The monoisotopic (exact) mass is 244 g/mol. The van der Waals surface area contributed by atoms with E-state index in [1.807, 2.05) is 23.1 Å². The van der Waals surface area contributed by atoms with Gasteiger partial charge in [-0.25, -0.2) is 0 Å². The number of H-pyrrole nitrogens is 1. The summed E-state index contributed by atoms with van der Waals surface area (Å²) in [4.78, 5) is 14.4. The highest BCUT2D eigenvalue weighted by Gasteiger charge is 2.24. The Kier molecular flexibility index (Phi) is 2.76. The molecule has 0 saturated carbocycles. The lowest BCUT2D eigenvalue weighted by molar-refractivity contribution is 0.0656. The molecule has 94 valence electrons. The molecule has 1 atom stereocenters. The van der Waals surface area contributed by atoms with Crippen LogP contribution in [0.5, 0.6) is 0 Å². The highest BCUT2D eigenvalue weighted by Crippen LogP contribution is 2.16. The van der Waals surface area contributed by atoms with E-state index in [4.69, 9.17) is 0 Å². The first kappa shape index (κ1) is 11.2. The number of fused-ring (bicyclic) bond motifs is 1. The van der Waals surface area contributed by atoms with Crippen molar-refractivity contribution in [3.8, 4) is 0 Å². The maximum atomic E-state index is 12.4. The van der Waals surface area contributed by atoms with Crippen LogP contribution in [0.25, 0.3) is 10.9 Å². The number of carbonyl (C=O) groups excluding carboxylic acids is 1. The number of benzene rings is 1. The highest BCUT2D eigenvalue weighted by molar-refractivity contribution is 5.98. The molecule has 18 heavy (non-hydrogen) atoms. The summed E-state index contributed by atoms with van der Waals surface area (Å²) in [6, 6.07) is 5.90. The van der Waals surface area contributed by atoms with Crippen LogP contribution in [0.2, 0.25) is 0 Å². The number of carbonyl (C=O) groups is 1. The maximum absolute atomic E-state index is 12.4. The quantitative estimate of drug-likeness (QED) is 0.786. The fourth-order valence-corrected chi connectivity index (χ4v) is 2.38. The second-order valence-corrected chi connectivity index (χ2v) is 4.72. The van der Waals surface area contributed by atoms with Crippen LogP contribution in [0.1, 0.15) is 17.3 Å². The Morgan fingerprint density at radius 3 is 3.22 bits per heavy atom. The third-order valence-electron chi connectivity index (χ3n) is 3.45. The van der Waals surface area contributed by atoms with Crippen molar-refractivity contribution in [3.63, 3.8) is 0 Å².